The van der Waals surface area contributed by atoms with Crippen molar-refractivity contribution < 1.29 is 20.0 Å². The molecule has 0 aliphatic heterocycles. The summed E-state index contributed by atoms with van der Waals surface area (Å²) in [4.78, 5) is 0. The smallest absolute Gasteiger partial charge is 0.0158 e. The van der Waals surface area contributed by atoms with Gasteiger partial charge >= 0.3 is 44.1 Å². The van der Waals surface area contributed by atoms with Gasteiger partial charge in [-0.05, 0) is 34.6 Å². The van der Waals surface area contributed by atoms with Crippen LogP contribution in [0.25, 0.3) is 0 Å². The van der Waals surface area contributed by atoms with Crippen molar-refractivity contribution in [2.45, 2.75) is 52.9 Å². The summed E-state index contributed by atoms with van der Waals surface area (Å²) < 4.78 is 2.18. The van der Waals surface area contributed by atoms with Crippen LogP contribution in [-0.2, 0) is 20.0 Å². The molecule has 2 aliphatic carbocycles. The molecule has 0 saturated heterocycles. The van der Waals surface area contributed by atoms with Crippen LogP contribution in [0, 0.1) is 13.0 Å². The van der Waals surface area contributed by atoms with Crippen LogP contribution in [0.3, 0.4) is 0 Å². The van der Waals surface area contributed by atoms with E-state index in [1.807, 2.05) is 28.2 Å². The van der Waals surface area contributed by atoms with Gasteiger partial charge < -0.3 is 17.6 Å². The standard InChI is InChI=1S/2C7H9.C4H8.2C2H7N.Ti/c1-6-3-4-7(2)5-6;1-2-7-5-3-4-6-7;1-3-4-2;2*1-3-2;/h3H,4H2,1-2H3;3-5H,1-2,6H2;1H,3-4H2,2H3;2*3H,1-2H3;/q2*-1;;;;+2. The quantitative estimate of drug-likeness (QED) is 0.532. The van der Waals surface area contributed by atoms with Gasteiger partial charge in [0, 0.05) is 0 Å². The maximum absolute atomic E-state index is 3.76. The SMILES string of the molecule is CC1=[C-]C(C)=CC1.CCC[CH]=[Ti+2].CNC.CNC.[CH2-]CC1=CC=CC1. The number of nitrogens with one attached hydrogen (secondary N) is 2. The van der Waals surface area contributed by atoms with Crippen molar-refractivity contribution in [3.63, 3.8) is 0 Å². The Morgan fingerprint density at radius 3 is 1.84 bits per heavy atom. The largest absolute Gasteiger partial charge is 0.339 e. The van der Waals surface area contributed by atoms with E-state index in [4.69, 9.17) is 0 Å². The predicted molar refractivity (Wildman–Crippen MR) is 114 cm³/mol. The minimum absolute atomic E-state index is 0.965. The average Bonchev–Trinajstić information content (AvgIpc) is 3.22. The average molecular weight is 380 g/mol. The molecule has 0 heterocycles. The van der Waals surface area contributed by atoms with Gasteiger partial charge in [0.2, 0.25) is 0 Å². The third kappa shape index (κ3) is 28.5. The minimum atomic E-state index is 0.965. The second-order valence-corrected chi connectivity index (χ2v) is 6.33. The predicted octanol–water partition coefficient (Wildman–Crippen LogP) is 4.99. The Labute approximate surface area is 169 Å². The van der Waals surface area contributed by atoms with Gasteiger partial charge in [0.05, 0.1) is 0 Å². The van der Waals surface area contributed by atoms with Crippen molar-refractivity contribution in [3.8, 4) is 0 Å². The number of hydrogen-bond acceptors (Lipinski definition) is 2. The molecule has 0 aromatic heterocycles. The summed E-state index contributed by atoms with van der Waals surface area (Å²) in [5.41, 5.74) is 4.09. The molecule has 25 heavy (non-hydrogen) atoms. The fraction of sp³-hybridized carbons (Fsp3) is 0.545. The van der Waals surface area contributed by atoms with E-state index >= 15 is 0 Å². The first-order valence-electron chi connectivity index (χ1n) is 9.03. The normalized spacial score (nSPS) is 13.3. The molecule has 0 fully saturated rings. The molecule has 3 heteroatoms. The number of rotatable bonds is 3. The van der Waals surface area contributed by atoms with E-state index in [1.54, 1.807) is 0 Å². The van der Waals surface area contributed by atoms with Gasteiger partial charge in [-0.2, -0.15) is 12.0 Å². The number of hydrogen-bond donors (Lipinski definition) is 2. The molecule has 0 atom stereocenters. The van der Waals surface area contributed by atoms with Crippen LogP contribution < -0.4 is 10.6 Å². The third-order valence-electron chi connectivity index (χ3n) is 2.73. The van der Waals surface area contributed by atoms with Gasteiger partial charge in [-0.15, -0.1) is 0 Å². The maximum Gasteiger partial charge on any atom is -0.0158 e. The second kappa shape index (κ2) is 25.7. The Bertz CT molecular complexity index is 402. The molecule has 142 valence electrons. The van der Waals surface area contributed by atoms with Crippen LogP contribution in [0.15, 0.2) is 41.0 Å². The number of unbranched alkanes of at least 4 members (excludes halogenated alkanes) is 1. The Morgan fingerprint density at radius 1 is 1.16 bits per heavy atom. The van der Waals surface area contributed by atoms with Crippen molar-refractivity contribution in [1.29, 1.82) is 0 Å². The summed E-state index contributed by atoms with van der Waals surface area (Å²) in [6.45, 7) is 10.1. The fourth-order valence-electron chi connectivity index (χ4n) is 1.57. The second-order valence-electron chi connectivity index (χ2n) is 5.70. The van der Waals surface area contributed by atoms with Crippen molar-refractivity contribution in [2.24, 2.45) is 0 Å². The minimum Gasteiger partial charge on any atom is -0.339 e. The first kappa shape index (κ1) is 29.2. The summed E-state index contributed by atoms with van der Waals surface area (Å²) in [5.74, 6) is 0. The van der Waals surface area contributed by atoms with Crippen LogP contribution in [-0.4, -0.2) is 32.5 Å². The molecule has 0 saturated carbocycles. The Hall–Kier alpha value is -0.536. The molecule has 2 nitrogen and oxygen atoms in total. The molecule has 0 radical (unpaired) electrons. The van der Waals surface area contributed by atoms with E-state index in [9.17, 15) is 0 Å². The molecule has 0 aromatic carbocycles. The zero-order valence-electron chi connectivity index (χ0n) is 17.6. The third-order valence-corrected chi connectivity index (χ3v) is 3.18. The van der Waals surface area contributed by atoms with E-state index in [-0.39, 0.29) is 0 Å². The van der Waals surface area contributed by atoms with Crippen LogP contribution in [0.1, 0.15) is 52.9 Å². The summed E-state index contributed by atoms with van der Waals surface area (Å²) >= 11 is 2.09. The Kier molecular flexibility index (Phi) is 30.1. The van der Waals surface area contributed by atoms with Gasteiger partial charge in [-0.3, -0.25) is 6.08 Å². The van der Waals surface area contributed by atoms with Crippen LogP contribution >= 0.6 is 0 Å². The molecule has 0 spiro atoms. The molecule has 2 aliphatic rings. The van der Waals surface area contributed by atoms with Gasteiger partial charge in [0.1, 0.15) is 0 Å². The number of allylic oxidation sites excluding steroid dienone is 8. The fourth-order valence-corrected chi connectivity index (χ4v) is 2.02. The van der Waals surface area contributed by atoms with Gasteiger partial charge in [0.25, 0.3) is 0 Å². The molecule has 0 aromatic rings. The van der Waals surface area contributed by atoms with Gasteiger partial charge in [-0.25, -0.2) is 11.6 Å². The zero-order valence-corrected chi connectivity index (χ0v) is 19.2. The van der Waals surface area contributed by atoms with E-state index in [0.29, 0.717) is 0 Å². The van der Waals surface area contributed by atoms with Crippen LogP contribution in [0.4, 0.5) is 0 Å². The van der Waals surface area contributed by atoms with Crippen molar-refractivity contribution in [2.75, 3.05) is 28.2 Å². The summed E-state index contributed by atoms with van der Waals surface area (Å²) in [6, 6.07) is 0. The molecular formula is C22H40N2Ti. The molecule has 2 N–H and O–H groups in total. The topological polar surface area (TPSA) is 24.1 Å². The maximum atomic E-state index is 3.76. The van der Waals surface area contributed by atoms with Gasteiger partial charge in [-0.1, -0.05) is 44.1 Å². The van der Waals surface area contributed by atoms with E-state index in [0.717, 1.165) is 19.3 Å². The molecule has 0 amide bonds. The molecule has 0 bridgehead atoms. The monoisotopic (exact) mass is 380 g/mol. The first-order chi connectivity index (χ1) is 12.0. The Morgan fingerprint density at radius 2 is 1.72 bits per heavy atom. The first-order valence-corrected chi connectivity index (χ1v) is 9.93. The molecule has 0 unspecified atom stereocenters. The summed E-state index contributed by atoms with van der Waals surface area (Å²) in [7, 11) is 7.50. The molecular weight excluding hydrogens is 340 g/mol. The van der Waals surface area contributed by atoms with E-state index < -0.39 is 0 Å². The molecule has 2 rings (SSSR count). The summed E-state index contributed by atoms with van der Waals surface area (Å²) in [5, 5.41) is 5.50. The van der Waals surface area contributed by atoms with Gasteiger partial charge in [0.15, 0.2) is 0 Å². The van der Waals surface area contributed by atoms with Crippen molar-refractivity contribution >= 4 is 4.31 Å². The van der Waals surface area contributed by atoms with Crippen molar-refractivity contribution in [3.05, 3.63) is 54.0 Å². The van der Waals surface area contributed by atoms with Crippen LogP contribution in [0.5, 0.6) is 0 Å². The van der Waals surface area contributed by atoms with E-state index in [1.165, 1.54) is 29.6 Å². The van der Waals surface area contributed by atoms with E-state index in [2.05, 4.69) is 93.0 Å². The summed E-state index contributed by atoms with van der Waals surface area (Å²) in [6.07, 6.45) is 17.5. The van der Waals surface area contributed by atoms with Crippen LogP contribution in [0.2, 0.25) is 0 Å². The Balaban J connectivity index is -0.000000255. The zero-order chi connectivity index (χ0) is 19.9. The van der Waals surface area contributed by atoms with Crippen molar-refractivity contribution in [1.82, 2.24) is 10.6 Å².